The first kappa shape index (κ1) is 18.7. The second kappa shape index (κ2) is 7.09. The molecule has 0 saturated carbocycles. The molecule has 3 aromatic heterocycles. The van der Waals surface area contributed by atoms with Gasteiger partial charge in [0.15, 0.2) is 5.75 Å². The Balaban J connectivity index is 1.80. The third-order valence-corrected chi connectivity index (χ3v) is 6.18. The van der Waals surface area contributed by atoms with E-state index in [4.69, 9.17) is 27.6 Å². The molecule has 0 atom stereocenters. The number of nitrogens with one attached hydrogen (secondary N) is 1. The van der Waals surface area contributed by atoms with Crippen LogP contribution in [0.1, 0.15) is 17.0 Å². The van der Waals surface area contributed by atoms with Crippen LogP contribution in [0.5, 0.6) is 5.75 Å². The van der Waals surface area contributed by atoms with Gasteiger partial charge in [-0.05, 0) is 30.2 Å². The number of rotatable bonds is 3. The molecule has 142 valence electrons. The van der Waals surface area contributed by atoms with Crippen molar-refractivity contribution in [3.05, 3.63) is 78.1 Å². The Morgan fingerprint density at radius 1 is 1.21 bits per heavy atom. The van der Waals surface area contributed by atoms with Crippen molar-refractivity contribution < 1.29 is 9.52 Å². The molecule has 28 heavy (non-hydrogen) atoms. The van der Waals surface area contributed by atoms with E-state index in [-0.39, 0.29) is 11.3 Å². The summed E-state index contributed by atoms with van der Waals surface area (Å²) in [6.45, 7) is 1.76. The van der Waals surface area contributed by atoms with Gasteiger partial charge in [-0.25, -0.2) is 4.98 Å². The van der Waals surface area contributed by atoms with Crippen molar-refractivity contribution in [2.24, 2.45) is 0 Å². The highest BCUT2D eigenvalue weighted by Gasteiger charge is 2.18. The number of thiophene rings is 1. The van der Waals surface area contributed by atoms with Gasteiger partial charge in [0.25, 0.3) is 5.56 Å². The molecule has 4 rings (SSSR count). The summed E-state index contributed by atoms with van der Waals surface area (Å²) in [5.74, 6) is 0.284. The standard InChI is InChI=1S/C19H12Cl2N2O4S/c1-8-16-18(26)22-15(5-9-2-3-10(20)11(21)4-9)23-19(16)28-17(8)14-6-12(24)13(25)7-27-14/h2-4,6-7,25H,5H2,1H3,(H,22,23,26). The molecule has 0 aliphatic carbocycles. The van der Waals surface area contributed by atoms with Crippen molar-refractivity contribution in [1.29, 1.82) is 0 Å². The van der Waals surface area contributed by atoms with Gasteiger partial charge < -0.3 is 14.5 Å². The summed E-state index contributed by atoms with van der Waals surface area (Å²) in [6, 6.07) is 6.42. The molecule has 0 spiro atoms. The van der Waals surface area contributed by atoms with Gasteiger partial charge in [-0.1, -0.05) is 29.3 Å². The first-order valence-electron chi connectivity index (χ1n) is 8.12. The number of aromatic amines is 1. The average Bonchev–Trinajstić information content (AvgIpc) is 2.97. The van der Waals surface area contributed by atoms with Crippen LogP contribution in [0.25, 0.3) is 20.9 Å². The topological polar surface area (TPSA) is 96.2 Å². The highest BCUT2D eigenvalue weighted by molar-refractivity contribution is 7.22. The molecule has 0 bridgehead atoms. The van der Waals surface area contributed by atoms with Crippen molar-refractivity contribution in [2.75, 3.05) is 0 Å². The van der Waals surface area contributed by atoms with Crippen LogP contribution in [-0.4, -0.2) is 15.1 Å². The van der Waals surface area contributed by atoms with Crippen molar-refractivity contribution >= 4 is 44.8 Å². The fourth-order valence-corrected chi connectivity index (χ4v) is 4.35. The van der Waals surface area contributed by atoms with Gasteiger partial charge >= 0.3 is 0 Å². The molecule has 6 nitrogen and oxygen atoms in total. The maximum atomic E-state index is 12.6. The number of H-pyrrole nitrogens is 1. The minimum atomic E-state index is -0.555. The van der Waals surface area contributed by atoms with Gasteiger partial charge in [-0.15, -0.1) is 11.3 Å². The van der Waals surface area contributed by atoms with Crippen molar-refractivity contribution in [2.45, 2.75) is 13.3 Å². The van der Waals surface area contributed by atoms with E-state index in [1.165, 1.54) is 17.4 Å². The van der Waals surface area contributed by atoms with Gasteiger partial charge in [0, 0.05) is 12.5 Å². The maximum Gasteiger partial charge on any atom is 0.259 e. The number of nitrogens with zero attached hydrogens (tertiary/aromatic N) is 1. The van der Waals surface area contributed by atoms with Crippen LogP contribution < -0.4 is 11.0 Å². The SMILES string of the molecule is Cc1c(-c2cc(=O)c(O)co2)sc2nc(Cc3ccc(Cl)c(Cl)c3)[nH]c(=O)c12. The lowest BCUT2D eigenvalue weighted by molar-refractivity contribution is 0.433. The zero-order chi connectivity index (χ0) is 20.0. The van der Waals surface area contributed by atoms with E-state index >= 15 is 0 Å². The van der Waals surface area contributed by atoms with Crippen LogP contribution in [0.15, 0.2) is 44.5 Å². The minimum Gasteiger partial charge on any atom is -0.502 e. The van der Waals surface area contributed by atoms with E-state index in [0.717, 1.165) is 11.8 Å². The van der Waals surface area contributed by atoms with Gasteiger partial charge in [0.2, 0.25) is 5.43 Å². The second-order valence-corrected chi connectivity index (χ2v) is 7.98. The zero-order valence-corrected chi connectivity index (χ0v) is 16.7. The molecular weight excluding hydrogens is 423 g/mol. The Kier molecular flexibility index (Phi) is 4.74. The number of halogens is 2. The number of hydrogen-bond donors (Lipinski definition) is 2. The Morgan fingerprint density at radius 3 is 2.71 bits per heavy atom. The van der Waals surface area contributed by atoms with Gasteiger partial charge in [-0.2, -0.15) is 0 Å². The highest BCUT2D eigenvalue weighted by atomic mass is 35.5. The third-order valence-electron chi connectivity index (χ3n) is 4.24. The van der Waals surface area contributed by atoms with Crippen LogP contribution >= 0.6 is 34.5 Å². The summed E-state index contributed by atoms with van der Waals surface area (Å²) in [5.41, 5.74) is 0.681. The van der Waals surface area contributed by atoms with Crippen LogP contribution in [0.2, 0.25) is 10.0 Å². The second-order valence-electron chi connectivity index (χ2n) is 6.17. The number of fused-ring (bicyclic) bond motifs is 1. The van der Waals surface area contributed by atoms with Gasteiger partial charge in [0.05, 0.1) is 20.3 Å². The van der Waals surface area contributed by atoms with E-state index in [1.54, 1.807) is 19.1 Å². The number of aromatic nitrogens is 2. The molecule has 2 N–H and O–H groups in total. The molecule has 0 saturated heterocycles. The van der Waals surface area contributed by atoms with Crippen LogP contribution in [-0.2, 0) is 6.42 Å². The summed E-state index contributed by atoms with van der Waals surface area (Å²) in [6.07, 6.45) is 1.36. The van der Waals surface area contributed by atoms with E-state index < -0.39 is 11.2 Å². The number of aryl methyl sites for hydroxylation is 1. The predicted molar refractivity (Wildman–Crippen MR) is 110 cm³/mol. The molecule has 0 fully saturated rings. The molecule has 0 amide bonds. The Hall–Kier alpha value is -2.61. The monoisotopic (exact) mass is 434 g/mol. The average molecular weight is 435 g/mol. The minimum absolute atomic E-state index is 0.272. The smallest absolute Gasteiger partial charge is 0.259 e. The molecule has 0 radical (unpaired) electrons. The van der Waals surface area contributed by atoms with E-state index in [1.807, 2.05) is 6.07 Å². The molecule has 0 unspecified atom stereocenters. The first-order valence-corrected chi connectivity index (χ1v) is 9.69. The maximum absolute atomic E-state index is 12.6. The van der Waals surface area contributed by atoms with Gasteiger partial charge in [-0.3, -0.25) is 9.59 Å². The highest BCUT2D eigenvalue weighted by Crippen LogP contribution is 2.35. The normalized spacial score (nSPS) is 11.2. The number of benzene rings is 1. The predicted octanol–water partition coefficient (Wildman–Crippen LogP) is 4.52. The van der Waals surface area contributed by atoms with Crippen LogP contribution in [0.3, 0.4) is 0 Å². The van der Waals surface area contributed by atoms with Crippen LogP contribution in [0.4, 0.5) is 0 Å². The summed E-state index contributed by atoms with van der Waals surface area (Å²) in [5, 5.41) is 10.7. The fourth-order valence-electron chi connectivity index (χ4n) is 2.87. The van der Waals surface area contributed by atoms with Crippen LogP contribution in [0, 0.1) is 6.92 Å². The van der Waals surface area contributed by atoms with Crippen molar-refractivity contribution in [3.63, 3.8) is 0 Å². The summed E-state index contributed by atoms with van der Waals surface area (Å²) >= 11 is 13.2. The Bertz CT molecular complexity index is 1340. The molecule has 3 heterocycles. The van der Waals surface area contributed by atoms with Crippen molar-refractivity contribution in [3.8, 4) is 16.4 Å². The molecule has 0 aliphatic heterocycles. The molecule has 4 aromatic rings. The molecule has 1 aromatic carbocycles. The third kappa shape index (κ3) is 3.32. The largest absolute Gasteiger partial charge is 0.502 e. The van der Waals surface area contributed by atoms with Crippen molar-refractivity contribution in [1.82, 2.24) is 9.97 Å². The lowest BCUT2D eigenvalue weighted by Crippen LogP contribution is -2.11. The molecule has 9 heteroatoms. The fraction of sp³-hybridized carbons (Fsp3) is 0.105. The van der Waals surface area contributed by atoms with Gasteiger partial charge in [0.1, 0.15) is 22.7 Å². The summed E-state index contributed by atoms with van der Waals surface area (Å²) in [4.78, 5) is 32.8. The first-order chi connectivity index (χ1) is 13.3. The summed E-state index contributed by atoms with van der Waals surface area (Å²) < 4.78 is 5.32. The Morgan fingerprint density at radius 2 is 2.00 bits per heavy atom. The number of hydrogen-bond acceptors (Lipinski definition) is 6. The lowest BCUT2D eigenvalue weighted by Gasteiger charge is -2.03. The number of aromatic hydroxyl groups is 1. The molecular formula is C19H12Cl2N2O4S. The zero-order valence-electron chi connectivity index (χ0n) is 14.4. The Labute approximate surface area is 172 Å². The van der Waals surface area contributed by atoms with E-state index in [2.05, 4.69) is 9.97 Å². The molecule has 0 aliphatic rings. The summed E-state index contributed by atoms with van der Waals surface area (Å²) in [7, 11) is 0. The van der Waals surface area contributed by atoms with E-state index in [9.17, 15) is 14.7 Å². The quantitative estimate of drug-likeness (QED) is 0.494. The van der Waals surface area contributed by atoms with E-state index in [0.29, 0.717) is 42.9 Å². The lowest BCUT2D eigenvalue weighted by atomic mass is 10.1.